The molecule has 0 aromatic rings. The van der Waals surface area contributed by atoms with E-state index in [9.17, 15) is 13.2 Å². The molecule has 0 aromatic carbocycles. The summed E-state index contributed by atoms with van der Waals surface area (Å²) >= 11 is 0. The Labute approximate surface area is 96.3 Å². The van der Waals surface area contributed by atoms with E-state index in [2.05, 4.69) is 4.72 Å². The zero-order valence-corrected chi connectivity index (χ0v) is 10.5. The molecule has 6 nitrogen and oxygen atoms in total. The van der Waals surface area contributed by atoms with Gasteiger partial charge in [0.25, 0.3) is 0 Å². The van der Waals surface area contributed by atoms with Crippen molar-refractivity contribution in [1.82, 2.24) is 9.62 Å². The van der Waals surface area contributed by atoms with Gasteiger partial charge in [0.1, 0.15) is 0 Å². The highest BCUT2D eigenvalue weighted by Gasteiger charge is 2.22. The predicted octanol–water partition coefficient (Wildman–Crippen LogP) is -0.314. The summed E-state index contributed by atoms with van der Waals surface area (Å²) in [4.78, 5) is 13.2. The van der Waals surface area contributed by atoms with Crippen molar-refractivity contribution in [3.63, 3.8) is 0 Å². The molecule has 1 unspecified atom stereocenters. The first-order valence-corrected chi connectivity index (χ1v) is 6.68. The average molecular weight is 247 g/mol. The summed E-state index contributed by atoms with van der Waals surface area (Å²) in [6, 6.07) is 0.699. The molecule has 0 bridgehead atoms. The lowest BCUT2D eigenvalue weighted by Crippen LogP contribution is -2.47. The molecule has 0 radical (unpaired) electrons. The van der Waals surface area contributed by atoms with Crippen LogP contribution in [-0.4, -0.2) is 44.1 Å². The van der Waals surface area contributed by atoms with E-state index < -0.39 is 21.8 Å². The van der Waals surface area contributed by atoms with Crippen LogP contribution < -0.4 is 4.72 Å². The van der Waals surface area contributed by atoms with Crippen LogP contribution in [0.1, 0.15) is 20.8 Å². The van der Waals surface area contributed by atoms with E-state index in [4.69, 9.17) is 5.26 Å². The molecular formula is C9H17N3O3S. The Balaban J connectivity index is 4.54. The highest BCUT2D eigenvalue weighted by molar-refractivity contribution is 7.89. The molecule has 0 rings (SSSR count). The molecule has 0 aliphatic rings. The van der Waals surface area contributed by atoms with E-state index in [0.29, 0.717) is 13.1 Å². The smallest absolute Gasteiger partial charge is 0.240 e. The van der Waals surface area contributed by atoms with Crippen molar-refractivity contribution >= 4 is 15.9 Å². The predicted molar refractivity (Wildman–Crippen MR) is 59.9 cm³/mol. The van der Waals surface area contributed by atoms with Gasteiger partial charge in [0.15, 0.2) is 5.75 Å². The number of hydrogen-bond donors (Lipinski definition) is 1. The van der Waals surface area contributed by atoms with Gasteiger partial charge < -0.3 is 4.90 Å². The Morgan fingerprint density at radius 2 is 1.94 bits per heavy atom. The van der Waals surface area contributed by atoms with Crippen molar-refractivity contribution in [3.8, 4) is 6.07 Å². The van der Waals surface area contributed by atoms with Gasteiger partial charge in [-0.25, -0.2) is 13.1 Å². The molecule has 7 heteroatoms. The van der Waals surface area contributed by atoms with Gasteiger partial charge in [-0.3, -0.25) is 4.79 Å². The fourth-order valence-electron chi connectivity index (χ4n) is 1.26. The second-order valence-electron chi connectivity index (χ2n) is 3.27. The molecule has 0 aliphatic heterocycles. The van der Waals surface area contributed by atoms with Crippen molar-refractivity contribution in [2.24, 2.45) is 0 Å². The van der Waals surface area contributed by atoms with Crippen molar-refractivity contribution in [1.29, 1.82) is 5.26 Å². The Morgan fingerprint density at radius 1 is 1.44 bits per heavy atom. The molecule has 0 heterocycles. The van der Waals surface area contributed by atoms with Crippen molar-refractivity contribution in [2.45, 2.75) is 26.8 Å². The number of sulfonamides is 1. The number of hydrogen-bond acceptors (Lipinski definition) is 4. The van der Waals surface area contributed by atoms with E-state index in [1.807, 2.05) is 13.8 Å². The highest BCUT2D eigenvalue weighted by Crippen LogP contribution is 1.97. The van der Waals surface area contributed by atoms with Gasteiger partial charge in [0, 0.05) is 13.1 Å². The van der Waals surface area contributed by atoms with Gasteiger partial charge in [-0.2, -0.15) is 5.26 Å². The van der Waals surface area contributed by atoms with E-state index in [1.54, 1.807) is 0 Å². The number of nitriles is 1. The number of likely N-dealkylation sites (N-methyl/N-ethyl adjacent to an activating group) is 1. The fraction of sp³-hybridized carbons (Fsp3) is 0.778. The normalized spacial score (nSPS) is 12.9. The van der Waals surface area contributed by atoms with E-state index in [-0.39, 0.29) is 5.91 Å². The molecule has 1 N–H and O–H groups in total. The SMILES string of the molecule is CCN(CC)C(=O)C(C)NS(=O)(=O)CC#N. The topological polar surface area (TPSA) is 90.3 Å². The summed E-state index contributed by atoms with van der Waals surface area (Å²) in [6.45, 7) is 6.16. The van der Waals surface area contributed by atoms with Crippen LogP contribution in [0.25, 0.3) is 0 Å². The first-order valence-electron chi connectivity index (χ1n) is 5.03. The minimum absolute atomic E-state index is 0.286. The van der Waals surface area contributed by atoms with E-state index >= 15 is 0 Å². The lowest BCUT2D eigenvalue weighted by molar-refractivity contribution is -0.132. The Morgan fingerprint density at radius 3 is 2.31 bits per heavy atom. The molecule has 1 amide bonds. The van der Waals surface area contributed by atoms with Crippen LogP contribution in [0.2, 0.25) is 0 Å². The first-order chi connectivity index (χ1) is 7.37. The molecule has 0 saturated carbocycles. The largest absolute Gasteiger partial charge is 0.342 e. The number of rotatable bonds is 6. The second-order valence-corrected chi connectivity index (χ2v) is 5.02. The summed E-state index contributed by atoms with van der Waals surface area (Å²) in [7, 11) is -3.68. The molecule has 0 spiro atoms. The van der Waals surface area contributed by atoms with Crippen LogP contribution in [0, 0.1) is 11.3 Å². The maximum atomic E-state index is 11.7. The van der Waals surface area contributed by atoms with E-state index in [0.717, 1.165) is 0 Å². The monoisotopic (exact) mass is 247 g/mol. The molecule has 0 saturated heterocycles. The van der Waals surface area contributed by atoms with Crippen LogP contribution in [0.4, 0.5) is 0 Å². The molecule has 0 fully saturated rings. The van der Waals surface area contributed by atoms with Crippen LogP contribution in [-0.2, 0) is 14.8 Å². The Kier molecular flexibility index (Phi) is 6.00. The number of amides is 1. The van der Waals surface area contributed by atoms with Crippen molar-refractivity contribution in [2.75, 3.05) is 18.8 Å². The minimum atomic E-state index is -3.68. The lowest BCUT2D eigenvalue weighted by Gasteiger charge is -2.22. The van der Waals surface area contributed by atoms with Crippen LogP contribution in [0.5, 0.6) is 0 Å². The standard InChI is InChI=1S/C9H17N3O3S/c1-4-12(5-2)9(13)8(3)11-16(14,15)7-6-10/h8,11H,4-5,7H2,1-3H3. The summed E-state index contributed by atoms with van der Waals surface area (Å²) in [5, 5.41) is 8.29. The maximum absolute atomic E-state index is 11.7. The Hall–Kier alpha value is -1.13. The van der Waals surface area contributed by atoms with Crippen LogP contribution >= 0.6 is 0 Å². The summed E-state index contributed by atoms with van der Waals surface area (Å²) in [6.07, 6.45) is 0. The summed E-state index contributed by atoms with van der Waals surface area (Å²) < 4.78 is 24.6. The fourth-order valence-corrected chi connectivity index (χ4v) is 2.15. The Bertz CT molecular complexity index is 368. The third-order valence-corrected chi connectivity index (χ3v) is 3.28. The number of carbonyl (C=O) groups is 1. The molecule has 0 aromatic heterocycles. The number of carbonyl (C=O) groups excluding carboxylic acids is 1. The van der Waals surface area contributed by atoms with Gasteiger partial charge in [-0.05, 0) is 20.8 Å². The van der Waals surface area contributed by atoms with E-state index in [1.165, 1.54) is 17.9 Å². The zero-order valence-electron chi connectivity index (χ0n) is 9.73. The van der Waals surface area contributed by atoms with Crippen LogP contribution in [0.15, 0.2) is 0 Å². The van der Waals surface area contributed by atoms with Gasteiger partial charge in [-0.1, -0.05) is 0 Å². The summed E-state index contributed by atoms with van der Waals surface area (Å²) in [5.41, 5.74) is 0. The minimum Gasteiger partial charge on any atom is -0.342 e. The third-order valence-electron chi connectivity index (χ3n) is 2.06. The molecule has 0 aliphatic carbocycles. The third kappa shape index (κ3) is 4.59. The van der Waals surface area contributed by atoms with Gasteiger partial charge in [-0.15, -0.1) is 0 Å². The highest BCUT2D eigenvalue weighted by atomic mass is 32.2. The van der Waals surface area contributed by atoms with Gasteiger partial charge >= 0.3 is 0 Å². The van der Waals surface area contributed by atoms with Gasteiger partial charge in [0.2, 0.25) is 15.9 Å². The lowest BCUT2D eigenvalue weighted by atomic mass is 10.3. The second kappa shape index (κ2) is 6.45. The first kappa shape index (κ1) is 14.9. The average Bonchev–Trinajstić information content (AvgIpc) is 2.18. The molecule has 16 heavy (non-hydrogen) atoms. The van der Waals surface area contributed by atoms with Crippen LogP contribution in [0.3, 0.4) is 0 Å². The quantitative estimate of drug-likeness (QED) is 0.697. The van der Waals surface area contributed by atoms with Crippen molar-refractivity contribution in [3.05, 3.63) is 0 Å². The molecule has 1 atom stereocenters. The molecular weight excluding hydrogens is 230 g/mol. The number of nitrogens with zero attached hydrogens (tertiary/aromatic N) is 2. The maximum Gasteiger partial charge on any atom is 0.240 e. The van der Waals surface area contributed by atoms with Crippen molar-refractivity contribution < 1.29 is 13.2 Å². The zero-order chi connectivity index (χ0) is 12.8. The summed E-state index contributed by atoms with van der Waals surface area (Å²) in [5.74, 6) is -0.922. The molecule has 92 valence electrons. The van der Waals surface area contributed by atoms with Gasteiger partial charge in [0.05, 0.1) is 12.1 Å². The number of nitrogens with one attached hydrogen (secondary N) is 1.